The fourth-order valence-electron chi connectivity index (χ4n) is 2.16. The van der Waals surface area contributed by atoms with Gasteiger partial charge in [0.2, 0.25) is 0 Å². The Morgan fingerprint density at radius 1 is 1.41 bits per heavy atom. The number of hydrogen-bond donors (Lipinski definition) is 1. The van der Waals surface area contributed by atoms with Crippen molar-refractivity contribution in [1.29, 1.82) is 0 Å². The fourth-order valence-corrected chi connectivity index (χ4v) is 2.53. The van der Waals surface area contributed by atoms with Crippen LogP contribution in [0.25, 0.3) is 0 Å². The molecule has 1 aromatic rings. The number of benzene rings is 1. The third-order valence-corrected chi connectivity index (χ3v) is 3.89. The van der Waals surface area contributed by atoms with Gasteiger partial charge in [0.1, 0.15) is 0 Å². The second-order valence-electron chi connectivity index (χ2n) is 4.45. The van der Waals surface area contributed by atoms with E-state index in [4.69, 9.17) is 10.5 Å². The second-order valence-corrected chi connectivity index (χ2v) is 5.30. The minimum Gasteiger partial charge on any atom is -0.462 e. The van der Waals surface area contributed by atoms with Gasteiger partial charge < -0.3 is 10.5 Å². The summed E-state index contributed by atoms with van der Waals surface area (Å²) in [5, 5.41) is 0. The van der Waals surface area contributed by atoms with Crippen LogP contribution < -0.4 is 5.73 Å². The lowest BCUT2D eigenvalue weighted by molar-refractivity contribution is 0.0444. The summed E-state index contributed by atoms with van der Waals surface area (Å²) in [6.45, 7) is 0.519. The molecule has 1 saturated carbocycles. The number of carbonyl (C=O) groups excluding carboxylic acids is 1. The summed E-state index contributed by atoms with van der Waals surface area (Å²) in [6, 6.07) is 5.28. The first kappa shape index (κ1) is 12.4. The lowest BCUT2D eigenvalue weighted by atomic mass is 10.1. The number of anilines is 1. The average Bonchev–Trinajstić information content (AvgIpc) is 2.82. The van der Waals surface area contributed by atoms with E-state index >= 15 is 0 Å². The topological polar surface area (TPSA) is 52.3 Å². The summed E-state index contributed by atoms with van der Waals surface area (Å²) in [6.07, 6.45) is 4.84. The van der Waals surface area contributed by atoms with Gasteiger partial charge in [0.05, 0.1) is 17.9 Å². The van der Waals surface area contributed by atoms with Crippen molar-refractivity contribution in [3.05, 3.63) is 28.2 Å². The lowest BCUT2D eigenvalue weighted by Crippen LogP contribution is -2.13. The van der Waals surface area contributed by atoms with Gasteiger partial charge in [-0.05, 0) is 46.8 Å². The van der Waals surface area contributed by atoms with Crippen LogP contribution in [0.3, 0.4) is 0 Å². The number of rotatable bonds is 3. The van der Waals surface area contributed by atoms with E-state index in [9.17, 15) is 4.79 Å². The molecule has 0 aliphatic heterocycles. The third kappa shape index (κ3) is 3.00. The van der Waals surface area contributed by atoms with E-state index in [1.54, 1.807) is 12.1 Å². The van der Waals surface area contributed by atoms with Crippen LogP contribution in [-0.4, -0.2) is 12.6 Å². The molecule has 0 heterocycles. The first-order chi connectivity index (χ1) is 8.18. The Balaban J connectivity index is 1.97. The molecule has 0 atom stereocenters. The average molecular weight is 298 g/mol. The number of ether oxygens (including phenoxy) is 1. The Kier molecular flexibility index (Phi) is 4.05. The van der Waals surface area contributed by atoms with Crippen LogP contribution in [0, 0.1) is 5.92 Å². The highest BCUT2D eigenvalue weighted by Gasteiger charge is 2.18. The summed E-state index contributed by atoms with van der Waals surface area (Å²) >= 11 is 3.30. The zero-order valence-corrected chi connectivity index (χ0v) is 11.2. The summed E-state index contributed by atoms with van der Waals surface area (Å²) in [7, 11) is 0. The van der Waals surface area contributed by atoms with Crippen molar-refractivity contribution in [2.75, 3.05) is 12.3 Å². The Labute approximate surface area is 109 Å². The molecule has 0 bridgehead atoms. The molecular formula is C13H16BrNO2. The Morgan fingerprint density at radius 3 is 2.82 bits per heavy atom. The summed E-state index contributed by atoms with van der Waals surface area (Å²) < 4.78 is 6.04. The predicted molar refractivity (Wildman–Crippen MR) is 70.8 cm³/mol. The van der Waals surface area contributed by atoms with E-state index < -0.39 is 0 Å². The number of para-hydroxylation sites is 1. The maximum absolute atomic E-state index is 11.9. The molecule has 0 aromatic heterocycles. The standard InChI is InChI=1S/C13H16BrNO2/c14-11-7-3-6-10(12(11)15)13(16)17-8-9-4-1-2-5-9/h3,6-7,9H,1-2,4-5,8,15H2. The van der Waals surface area contributed by atoms with Gasteiger partial charge in [-0.25, -0.2) is 4.79 Å². The fraction of sp³-hybridized carbons (Fsp3) is 0.462. The molecule has 1 aromatic carbocycles. The van der Waals surface area contributed by atoms with E-state index in [-0.39, 0.29) is 5.97 Å². The highest BCUT2D eigenvalue weighted by atomic mass is 79.9. The van der Waals surface area contributed by atoms with Gasteiger partial charge in [0.15, 0.2) is 0 Å². The zero-order chi connectivity index (χ0) is 12.3. The van der Waals surface area contributed by atoms with Crippen LogP contribution in [0.5, 0.6) is 0 Å². The quantitative estimate of drug-likeness (QED) is 0.687. The number of hydrogen-bond acceptors (Lipinski definition) is 3. The minimum atomic E-state index is -0.323. The second kappa shape index (κ2) is 5.54. The first-order valence-electron chi connectivity index (χ1n) is 5.89. The maximum Gasteiger partial charge on any atom is 0.340 e. The lowest BCUT2D eigenvalue weighted by Gasteiger charge is -2.11. The zero-order valence-electron chi connectivity index (χ0n) is 9.62. The minimum absolute atomic E-state index is 0.323. The molecule has 2 N–H and O–H groups in total. The number of nitrogens with two attached hydrogens (primary N) is 1. The molecule has 92 valence electrons. The van der Waals surface area contributed by atoms with E-state index in [0.29, 0.717) is 23.8 Å². The van der Waals surface area contributed by atoms with Gasteiger partial charge in [-0.3, -0.25) is 0 Å². The number of nitrogen functional groups attached to an aromatic ring is 1. The smallest absolute Gasteiger partial charge is 0.340 e. The molecule has 0 spiro atoms. The van der Waals surface area contributed by atoms with Crippen LogP contribution >= 0.6 is 15.9 Å². The highest BCUT2D eigenvalue weighted by molar-refractivity contribution is 9.10. The molecule has 1 fully saturated rings. The molecule has 17 heavy (non-hydrogen) atoms. The SMILES string of the molecule is Nc1c(Br)cccc1C(=O)OCC1CCCC1. The summed E-state index contributed by atoms with van der Waals surface area (Å²) in [4.78, 5) is 11.9. The van der Waals surface area contributed by atoms with E-state index in [1.807, 2.05) is 6.07 Å². The van der Waals surface area contributed by atoms with Crippen molar-refractivity contribution in [3.8, 4) is 0 Å². The molecule has 0 unspecified atom stereocenters. The molecule has 0 saturated heterocycles. The predicted octanol–water partition coefficient (Wildman–Crippen LogP) is 3.38. The van der Waals surface area contributed by atoms with Crippen LogP contribution in [-0.2, 0) is 4.74 Å². The number of halogens is 1. The van der Waals surface area contributed by atoms with Crippen molar-refractivity contribution < 1.29 is 9.53 Å². The molecule has 3 nitrogen and oxygen atoms in total. The van der Waals surface area contributed by atoms with Crippen molar-refractivity contribution >= 4 is 27.6 Å². The number of esters is 1. The third-order valence-electron chi connectivity index (χ3n) is 3.20. The molecule has 0 amide bonds. The van der Waals surface area contributed by atoms with Gasteiger partial charge in [0, 0.05) is 4.47 Å². The van der Waals surface area contributed by atoms with Gasteiger partial charge >= 0.3 is 5.97 Å². The molecule has 2 rings (SSSR count). The summed E-state index contributed by atoms with van der Waals surface area (Å²) in [5.74, 6) is 0.211. The van der Waals surface area contributed by atoms with Crippen LogP contribution in [0.2, 0.25) is 0 Å². The monoisotopic (exact) mass is 297 g/mol. The number of carbonyl (C=O) groups is 1. The van der Waals surface area contributed by atoms with E-state index in [0.717, 1.165) is 4.47 Å². The van der Waals surface area contributed by atoms with Gasteiger partial charge in [0.25, 0.3) is 0 Å². The Bertz CT molecular complexity index is 414. The van der Waals surface area contributed by atoms with Crippen molar-refractivity contribution in [1.82, 2.24) is 0 Å². The summed E-state index contributed by atoms with van der Waals surface area (Å²) in [5.41, 5.74) is 6.71. The van der Waals surface area contributed by atoms with E-state index in [1.165, 1.54) is 25.7 Å². The molecule has 4 heteroatoms. The van der Waals surface area contributed by atoms with E-state index in [2.05, 4.69) is 15.9 Å². The van der Waals surface area contributed by atoms with Gasteiger partial charge in [-0.15, -0.1) is 0 Å². The Morgan fingerprint density at radius 2 is 2.12 bits per heavy atom. The van der Waals surface area contributed by atoms with Crippen molar-refractivity contribution in [3.63, 3.8) is 0 Å². The van der Waals surface area contributed by atoms with Crippen molar-refractivity contribution in [2.24, 2.45) is 5.92 Å². The maximum atomic E-state index is 11.9. The largest absolute Gasteiger partial charge is 0.462 e. The van der Waals surface area contributed by atoms with Crippen LogP contribution in [0.4, 0.5) is 5.69 Å². The van der Waals surface area contributed by atoms with Gasteiger partial charge in [-0.1, -0.05) is 18.9 Å². The van der Waals surface area contributed by atoms with Crippen molar-refractivity contribution in [2.45, 2.75) is 25.7 Å². The van der Waals surface area contributed by atoms with Crippen LogP contribution in [0.1, 0.15) is 36.0 Å². The molecule has 0 radical (unpaired) electrons. The van der Waals surface area contributed by atoms with Gasteiger partial charge in [-0.2, -0.15) is 0 Å². The first-order valence-corrected chi connectivity index (χ1v) is 6.69. The van der Waals surface area contributed by atoms with Crippen LogP contribution in [0.15, 0.2) is 22.7 Å². The normalized spacial score (nSPS) is 16.1. The molecule has 1 aliphatic rings. The highest BCUT2D eigenvalue weighted by Crippen LogP contribution is 2.26. The molecular weight excluding hydrogens is 282 g/mol. The Hall–Kier alpha value is -1.03. The molecule has 1 aliphatic carbocycles.